The lowest BCUT2D eigenvalue weighted by Crippen LogP contribution is -2.36. The summed E-state index contributed by atoms with van der Waals surface area (Å²) in [5.74, 6) is -0.256. The molecule has 2 unspecified atom stereocenters. The van der Waals surface area contributed by atoms with Crippen LogP contribution >= 0.6 is 11.3 Å². The van der Waals surface area contributed by atoms with E-state index < -0.39 is 0 Å². The Labute approximate surface area is 93.7 Å². The first-order valence-corrected chi connectivity index (χ1v) is 5.68. The third kappa shape index (κ3) is 3.28. The molecule has 0 fully saturated rings. The minimum Gasteiger partial charge on any atom is -0.468 e. The average molecular weight is 228 g/mol. The van der Waals surface area contributed by atoms with E-state index in [9.17, 15) is 4.79 Å². The Bertz CT molecular complexity index is 338. The van der Waals surface area contributed by atoms with Crippen molar-refractivity contribution in [1.29, 1.82) is 0 Å². The number of methoxy groups -OCH3 is 1. The molecule has 1 heterocycles. The van der Waals surface area contributed by atoms with Gasteiger partial charge in [-0.05, 0) is 20.8 Å². The zero-order valence-electron chi connectivity index (χ0n) is 9.40. The number of nitrogens with one attached hydrogen (secondary N) is 1. The van der Waals surface area contributed by atoms with E-state index in [1.807, 2.05) is 19.2 Å². The van der Waals surface area contributed by atoms with Gasteiger partial charge in [0.2, 0.25) is 0 Å². The Morgan fingerprint density at radius 2 is 2.27 bits per heavy atom. The van der Waals surface area contributed by atoms with Gasteiger partial charge in [-0.1, -0.05) is 0 Å². The van der Waals surface area contributed by atoms with Gasteiger partial charge in [-0.3, -0.25) is 10.1 Å². The quantitative estimate of drug-likeness (QED) is 0.796. The maximum atomic E-state index is 11.2. The molecule has 0 amide bonds. The molecule has 1 aromatic heterocycles. The van der Waals surface area contributed by atoms with E-state index in [1.165, 1.54) is 7.11 Å². The lowest BCUT2D eigenvalue weighted by Gasteiger charge is -2.16. The summed E-state index contributed by atoms with van der Waals surface area (Å²) in [4.78, 5) is 15.5. The molecule has 15 heavy (non-hydrogen) atoms. The number of aryl methyl sites for hydroxylation is 1. The molecule has 1 aromatic rings. The molecule has 84 valence electrons. The smallest absolute Gasteiger partial charge is 0.322 e. The lowest BCUT2D eigenvalue weighted by atomic mass is 10.2. The minimum atomic E-state index is -0.313. The summed E-state index contributed by atoms with van der Waals surface area (Å²) in [5.41, 5.74) is 0.966. The molecule has 2 atom stereocenters. The second-order valence-corrected chi connectivity index (χ2v) is 4.49. The molecule has 1 N–H and O–H groups in total. The molecule has 5 heteroatoms. The number of esters is 1. The van der Waals surface area contributed by atoms with E-state index in [1.54, 1.807) is 18.3 Å². The highest BCUT2D eigenvalue weighted by Gasteiger charge is 2.17. The van der Waals surface area contributed by atoms with Gasteiger partial charge in [0.25, 0.3) is 0 Å². The molecule has 0 saturated heterocycles. The van der Waals surface area contributed by atoms with Crippen LogP contribution < -0.4 is 5.32 Å². The van der Waals surface area contributed by atoms with Crippen molar-refractivity contribution in [2.45, 2.75) is 32.9 Å². The van der Waals surface area contributed by atoms with Gasteiger partial charge in [-0.15, -0.1) is 11.3 Å². The minimum absolute atomic E-state index is 0.0593. The molecule has 0 aromatic carbocycles. The van der Waals surface area contributed by atoms with Crippen molar-refractivity contribution < 1.29 is 9.53 Å². The normalized spacial score (nSPS) is 14.7. The number of thiazole rings is 1. The van der Waals surface area contributed by atoms with Crippen LogP contribution in [0.4, 0.5) is 0 Å². The Hall–Kier alpha value is -0.940. The maximum Gasteiger partial charge on any atom is 0.322 e. The van der Waals surface area contributed by atoms with Gasteiger partial charge >= 0.3 is 5.97 Å². The first-order chi connectivity index (χ1) is 7.04. The van der Waals surface area contributed by atoms with Gasteiger partial charge in [-0.2, -0.15) is 0 Å². The number of ether oxygens (including phenoxy) is 1. The van der Waals surface area contributed by atoms with Crippen LogP contribution in [0, 0.1) is 6.92 Å². The van der Waals surface area contributed by atoms with Crippen LogP contribution in [0.15, 0.2) is 5.38 Å². The number of carbonyl (C=O) groups excluding carboxylic acids is 1. The Balaban J connectivity index is 2.55. The van der Waals surface area contributed by atoms with E-state index in [4.69, 9.17) is 0 Å². The fourth-order valence-corrected chi connectivity index (χ4v) is 1.99. The van der Waals surface area contributed by atoms with Crippen molar-refractivity contribution >= 4 is 17.3 Å². The fourth-order valence-electron chi connectivity index (χ4n) is 1.28. The van der Waals surface area contributed by atoms with Gasteiger partial charge in [0.05, 0.1) is 17.8 Å². The molecule has 0 aliphatic carbocycles. The van der Waals surface area contributed by atoms with Gasteiger partial charge in [-0.25, -0.2) is 4.98 Å². The molecule has 0 saturated carbocycles. The number of hydrogen-bond acceptors (Lipinski definition) is 5. The third-order valence-corrected chi connectivity index (χ3v) is 2.93. The molecule has 1 rings (SSSR count). The van der Waals surface area contributed by atoms with Crippen molar-refractivity contribution in [1.82, 2.24) is 10.3 Å². The monoisotopic (exact) mass is 228 g/mol. The van der Waals surface area contributed by atoms with Crippen LogP contribution in [0.1, 0.15) is 30.6 Å². The molecular formula is C10H16N2O2S. The van der Waals surface area contributed by atoms with E-state index in [2.05, 4.69) is 15.0 Å². The number of carbonyl (C=O) groups is 1. The van der Waals surface area contributed by atoms with Crippen molar-refractivity contribution in [3.8, 4) is 0 Å². The summed E-state index contributed by atoms with van der Waals surface area (Å²) in [6.07, 6.45) is 0. The lowest BCUT2D eigenvalue weighted by molar-refractivity contribution is -0.142. The Kier molecular flexibility index (Phi) is 4.23. The standard InChI is InChI=1S/C10H16N2O2S/c1-6(9-5-15-8(3)12-9)11-7(2)10(13)14-4/h5-7,11H,1-4H3. The SMILES string of the molecule is COC(=O)C(C)NC(C)c1csc(C)n1. The summed E-state index contributed by atoms with van der Waals surface area (Å²) in [7, 11) is 1.39. The van der Waals surface area contributed by atoms with E-state index in [-0.39, 0.29) is 18.1 Å². The highest BCUT2D eigenvalue weighted by Crippen LogP contribution is 2.16. The number of rotatable bonds is 4. The van der Waals surface area contributed by atoms with Gasteiger partial charge < -0.3 is 4.74 Å². The number of nitrogens with zero attached hydrogens (tertiary/aromatic N) is 1. The van der Waals surface area contributed by atoms with Crippen LogP contribution in [-0.4, -0.2) is 24.1 Å². The first-order valence-electron chi connectivity index (χ1n) is 4.80. The van der Waals surface area contributed by atoms with Crippen molar-refractivity contribution in [3.63, 3.8) is 0 Å². The molecule has 0 bridgehead atoms. The van der Waals surface area contributed by atoms with Crippen LogP contribution in [0.25, 0.3) is 0 Å². The molecule has 4 nitrogen and oxygen atoms in total. The fraction of sp³-hybridized carbons (Fsp3) is 0.600. The predicted molar refractivity (Wildman–Crippen MR) is 59.9 cm³/mol. The highest BCUT2D eigenvalue weighted by molar-refractivity contribution is 7.09. The molecule has 0 aliphatic heterocycles. The third-order valence-electron chi connectivity index (χ3n) is 2.14. The zero-order chi connectivity index (χ0) is 11.4. The number of aromatic nitrogens is 1. The molecule has 0 radical (unpaired) electrons. The summed E-state index contributed by atoms with van der Waals surface area (Å²) in [5, 5.41) is 6.16. The predicted octanol–water partition coefficient (Wildman–Crippen LogP) is 1.66. The Morgan fingerprint density at radius 3 is 2.73 bits per heavy atom. The van der Waals surface area contributed by atoms with Gasteiger partial charge in [0.15, 0.2) is 0 Å². The highest BCUT2D eigenvalue weighted by atomic mass is 32.1. The summed E-state index contributed by atoms with van der Waals surface area (Å²) >= 11 is 1.61. The van der Waals surface area contributed by atoms with Crippen LogP contribution in [0.2, 0.25) is 0 Å². The van der Waals surface area contributed by atoms with Gasteiger partial charge in [0, 0.05) is 11.4 Å². The summed E-state index contributed by atoms with van der Waals surface area (Å²) in [6, 6.07) is -0.254. The maximum absolute atomic E-state index is 11.2. The van der Waals surface area contributed by atoms with E-state index in [0.29, 0.717) is 0 Å². The first kappa shape index (κ1) is 12.1. The van der Waals surface area contributed by atoms with E-state index >= 15 is 0 Å². The van der Waals surface area contributed by atoms with Crippen LogP contribution in [0.3, 0.4) is 0 Å². The largest absolute Gasteiger partial charge is 0.468 e. The second kappa shape index (κ2) is 5.23. The van der Waals surface area contributed by atoms with Crippen LogP contribution in [-0.2, 0) is 9.53 Å². The van der Waals surface area contributed by atoms with Crippen molar-refractivity contribution in [2.24, 2.45) is 0 Å². The second-order valence-electron chi connectivity index (χ2n) is 3.42. The zero-order valence-corrected chi connectivity index (χ0v) is 10.2. The molecule has 0 spiro atoms. The van der Waals surface area contributed by atoms with Crippen molar-refractivity contribution in [2.75, 3.05) is 7.11 Å². The van der Waals surface area contributed by atoms with Crippen molar-refractivity contribution in [3.05, 3.63) is 16.1 Å². The number of hydrogen-bond donors (Lipinski definition) is 1. The molecular weight excluding hydrogens is 212 g/mol. The average Bonchev–Trinajstić information content (AvgIpc) is 2.63. The summed E-state index contributed by atoms with van der Waals surface area (Å²) in [6.45, 7) is 5.72. The topological polar surface area (TPSA) is 51.2 Å². The summed E-state index contributed by atoms with van der Waals surface area (Å²) < 4.78 is 4.63. The molecule has 0 aliphatic rings. The van der Waals surface area contributed by atoms with Gasteiger partial charge in [0.1, 0.15) is 6.04 Å². The Morgan fingerprint density at radius 1 is 1.60 bits per heavy atom. The van der Waals surface area contributed by atoms with E-state index in [0.717, 1.165) is 10.7 Å². The van der Waals surface area contributed by atoms with Crippen LogP contribution in [0.5, 0.6) is 0 Å².